The van der Waals surface area contributed by atoms with E-state index in [1.807, 2.05) is 29.1 Å². The lowest BCUT2D eigenvalue weighted by molar-refractivity contribution is 0.159. The number of nitrogens with zero attached hydrogens (tertiary/aromatic N) is 3. The highest BCUT2D eigenvalue weighted by atomic mass is 16.5. The van der Waals surface area contributed by atoms with E-state index in [4.69, 9.17) is 4.74 Å². The summed E-state index contributed by atoms with van der Waals surface area (Å²) in [6.45, 7) is 4.98. The Morgan fingerprint density at radius 1 is 1.32 bits per heavy atom. The molecule has 1 atom stereocenters. The summed E-state index contributed by atoms with van der Waals surface area (Å²) in [6, 6.07) is 10.8. The van der Waals surface area contributed by atoms with Gasteiger partial charge in [0, 0.05) is 44.5 Å². The number of nitrogens with one attached hydrogen (secondary N) is 1. The van der Waals surface area contributed by atoms with E-state index >= 15 is 0 Å². The van der Waals surface area contributed by atoms with Crippen molar-refractivity contribution in [2.45, 2.75) is 19.0 Å². The second-order valence-corrected chi connectivity index (χ2v) is 5.79. The maximum atomic E-state index is 5.14. The Morgan fingerprint density at radius 2 is 2.18 bits per heavy atom. The van der Waals surface area contributed by atoms with Crippen LogP contribution in [-0.2, 0) is 11.3 Å². The molecular weight excluding hydrogens is 276 g/mol. The fourth-order valence-corrected chi connectivity index (χ4v) is 2.86. The van der Waals surface area contributed by atoms with E-state index in [1.165, 1.54) is 12.0 Å². The second-order valence-electron chi connectivity index (χ2n) is 5.79. The van der Waals surface area contributed by atoms with Gasteiger partial charge < -0.3 is 10.1 Å². The Hall–Kier alpha value is -1.69. The first-order valence-electron chi connectivity index (χ1n) is 7.89. The lowest BCUT2D eigenvalue weighted by atomic mass is 10.2. The highest BCUT2D eigenvalue weighted by molar-refractivity contribution is 5.30. The maximum absolute atomic E-state index is 5.14. The van der Waals surface area contributed by atoms with Gasteiger partial charge in [-0.25, -0.2) is 4.68 Å². The monoisotopic (exact) mass is 300 g/mol. The lowest BCUT2D eigenvalue weighted by Gasteiger charge is -2.15. The van der Waals surface area contributed by atoms with Crippen molar-refractivity contribution in [3.05, 3.63) is 48.3 Å². The third-order valence-electron chi connectivity index (χ3n) is 4.14. The van der Waals surface area contributed by atoms with Crippen LogP contribution in [0.4, 0.5) is 0 Å². The topological polar surface area (TPSA) is 42.3 Å². The van der Waals surface area contributed by atoms with Crippen LogP contribution in [-0.4, -0.2) is 54.1 Å². The fraction of sp³-hybridized carbons (Fsp3) is 0.471. The molecule has 3 rings (SSSR count). The van der Waals surface area contributed by atoms with E-state index in [1.54, 1.807) is 7.11 Å². The summed E-state index contributed by atoms with van der Waals surface area (Å²) in [4.78, 5) is 2.45. The number of hydrogen-bond acceptors (Lipinski definition) is 4. The molecule has 5 nitrogen and oxygen atoms in total. The molecule has 1 fully saturated rings. The molecule has 118 valence electrons. The summed E-state index contributed by atoms with van der Waals surface area (Å²) in [7, 11) is 1.76. The predicted octanol–water partition coefficient (Wildman–Crippen LogP) is 1.68. The van der Waals surface area contributed by atoms with Crippen LogP contribution in [0.2, 0.25) is 0 Å². The van der Waals surface area contributed by atoms with E-state index in [0.29, 0.717) is 6.04 Å². The first-order chi connectivity index (χ1) is 10.8. The standard InChI is InChI=1S/C17H24N4O/c1-22-10-9-20-8-7-16(14-20)18-11-15-12-19-21(13-15)17-5-3-2-4-6-17/h2-6,12-13,16,18H,7-11,14H2,1H3. The van der Waals surface area contributed by atoms with Gasteiger partial charge in [0.2, 0.25) is 0 Å². The quantitative estimate of drug-likeness (QED) is 0.845. The number of aromatic nitrogens is 2. The SMILES string of the molecule is COCCN1CCC(NCc2cnn(-c3ccccc3)c2)C1. The Balaban J connectivity index is 1.48. The molecule has 0 amide bonds. The molecule has 1 aromatic carbocycles. The molecule has 1 unspecified atom stereocenters. The molecule has 0 bridgehead atoms. The van der Waals surface area contributed by atoms with Crippen molar-refractivity contribution in [3.63, 3.8) is 0 Å². The number of methoxy groups -OCH3 is 1. The van der Waals surface area contributed by atoms with Crippen molar-refractivity contribution in [2.24, 2.45) is 0 Å². The molecule has 22 heavy (non-hydrogen) atoms. The highest BCUT2D eigenvalue weighted by Gasteiger charge is 2.21. The van der Waals surface area contributed by atoms with Gasteiger partial charge in [0.25, 0.3) is 0 Å². The number of likely N-dealkylation sites (tertiary alicyclic amines) is 1. The van der Waals surface area contributed by atoms with Crippen LogP contribution in [0.5, 0.6) is 0 Å². The Kier molecular flexibility index (Phi) is 5.21. The van der Waals surface area contributed by atoms with Crippen molar-refractivity contribution in [1.82, 2.24) is 20.0 Å². The fourth-order valence-electron chi connectivity index (χ4n) is 2.86. The molecule has 1 aromatic heterocycles. The van der Waals surface area contributed by atoms with Crippen molar-refractivity contribution >= 4 is 0 Å². The number of benzene rings is 1. The molecule has 0 spiro atoms. The number of rotatable bonds is 7. The molecular formula is C17H24N4O. The normalized spacial score (nSPS) is 18.9. The van der Waals surface area contributed by atoms with Crippen LogP contribution >= 0.6 is 0 Å². The minimum absolute atomic E-state index is 0.567. The van der Waals surface area contributed by atoms with Crippen LogP contribution in [0.1, 0.15) is 12.0 Å². The molecule has 1 N–H and O–H groups in total. The van der Waals surface area contributed by atoms with Gasteiger partial charge >= 0.3 is 0 Å². The third kappa shape index (κ3) is 3.94. The zero-order valence-corrected chi connectivity index (χ0v) is 13.1. The van der Waals surface area contributed by atoms with Crippen LogP contribution in [0, 0.1) is 0 Å². The maximum Gasteiger partial charge on any atom is 0.0645 e. The molecule has 1 aliphatic rings. The van der Waals surface area contributed by atoms with Crippen molar-refractivity contribution < 1.29 is 4.74 Å². The molecule has 0 saturated carbocycles. The van der Waals surface area contributed by atoms with Gasteiger partial charge in [0.15, 0.2) is 0 Å². The van der Waals surface area contributed by atoms with Crippen LogP contribution < -0.4 is 5.32 Å². The zero-order valence-electron chi connectivity index (χ0n) is 13.1. The summed E-state index contributed by atoms with van der Waals surface area (Å²) in [5.41, 5.74) is 2.32. The first kappa shape index (κ1) is 15.2. The molecule has 1 aliphatic heterocycles. The van der Waals surface area contributed by atoms with E-state index < -0.39 is 0 Å². The number of hydrogen-bond donors (Lipinski definition) is 1. The van der Waals surface area contributed by atoms with Gasteiger partial charge in [-0.2, -0.15) is 5.10 Å². The molecule has 0 aliphatic carbocycles. The second kappa shape index (κ2) is 7.54. The highest BCUT2D eigenvalue weighted by Crippen LogP contribution is 2.11. The summed E-state index contributed by atoms with van der Waals surface area (Å²) in [6.07, 6.45) is 5.24. The van der Waals surface area contributed by atoms with Gasteiger partial charge in [-0.15, -0.1) is 0 Å². The van der Waals surface area contributed by atoms with Gasteiger partial charge in [-0.3, -0.25) is 4.90 Å². The third-order valence-corrected chi connectivity index (χ3v) is 4.14. The largest absolute Gasteiger partial charge is 0.383 e. The number of ether oxygens (including phenoxy) is 1. The predicted molar refractivity (Wildman–Crippen MR) is 87.1 cm³/mol. The smallest absolute Gasteiger partial charge is 0.0645 e. The lowest BCUT2D eigenvalue weighted by Crippen LogP contribution is -2.33. The van der Waals surface area contributed by atoms with Gasteiger partial charge in [0.1, 0.15) is 0 Å². The van der Waals surface area contributed by atoms with Crippen molar-refractivity contribution in [1.29, 1.82) is 0 Å². The van der Waals surface area contributed by atoms with Gasteiger partial charge in [-0.05, 0) is 25.1 Å². The van der Waals surface area contributed by atoms with Crippen molar-refractivity contribution in [2.75, 3.05) is 33.4 Å². The van der Waals surface area contributed by atoms with E-state index in [9.17, 15) is 0 Å². The molecule has 5 heteroatoms. The van der Waals surface area contributed by atoms with Crippen LogP contribution in [0.25, 0.3) is 5.69 Å². The Bertz CT molecular complexity index is 569. The molecule has 1 saturated heterocycles. The van der Waals surface area contributed by atoms with E-state index in [0.717, 1.165) is 38.5 Å². The summed E-state index contributed by atoms with van der Waals surface area (Å²) >= 11 is 0. The van der Waals surface area contributed by atoms with Gasteiger partial charge in [0.05, 0.1) is 18.5 Å². The van der Waals surface area contributed by atoms with E-state index in [-0.39, 0.29) is 0 Å². The first-order valence-corrected chi connectivity index (χ1v) is 7.89. The Labute approximate surface area is 131 Å². The van der Waals surface area contributed by atoms with Crippen molar-refractivity contribution in [3.8, 4) is 5.69 Å². The summed E-state index contributed by atoms with van der Waals surface area (Å²) < 4.78 is 7.07. The zero-order chi connectivity index (χ0) is 15.2. The number of para-hydroxylation sites is 1. The average Bonchev–Trinajstić information content (AvgIpc) is 3.21. The Morgan fingerprint density at radius 3 is 3.00 bits per heavy atom. The average molecular weight is 300 g/mol. The molecule has 2 aromatic rings. The van der Waals surface area contributed by atoms with Crippen LogP contribution in [0.3, 0.4) is 0 Å². The molecule has 0 radical (unpaired) electrons. The molecule has 2 heterocycles. The van der Waals surface area contributed by atoms with Gasteiger partial charge in [-0.1, -0.05) is 18.2 Å². The summed E-state index contributed by atoms with van der Waals surface area (Å²) in [5, 5.41) is 8.07. The minimum atomic E-state index is 0.567. The summed E-state index contributed by atoms with van der Waals surface area (Å²) in [5.74, 6) is 0. The minimum Gasteiger partial charge on any atom is -0.383 e. The van der Waals surface area contributed by atoms with E-state index in [2.05, 4.69) is 33.6 Å². The van der Waals surface area contributed by atoms with Crippen LogP contribution in [0.15, 0.2) is 42.7 Å².